The van der Waals surface area contributed by atoms with Gasteiger partial charge in [0, 0.05) is 31.6 Å². The van der Waals surface area contributed by atoms with Gasteiger partial charge in [-0.3, -0.25) is 9.78 Å². The molecule has 0 bridgehead atoms. The summed E-state index contributed by atoms with van der Waals surface area (Å²) in [6.07, 6.45) is 5.07. The number of hydrogen-bond acceptors (Lipinski definition) is 8. The van der Waals surface area contributed by atoms with Gasteiger partial charge in [-0.05, 0) is 45.1 Å². The minimum Gasteiger partial charge on any atom is -0.403 e. The van der Waals surface area contributed by atoms with Crippen molar-refractivity contribution in [3.63, 3.8) is 0 Å². The maximum absolute atomic E-state index is 12.5. The first-order valence-electron chi connectivity index (χ1n) is 9.26. The molecule has 146 valence electrons. The van der Waals surface area contributed by atoms with Gasteiger partial charge in [-0.15, -0.1) is 5.10 Å². The van der Waals surface area contributed by atoms with Crippen LogP contribution in [-0.2, 0) is 4.79 Å². The fourth-order valence-electron chi connectivity index (χ4n) is 3.23. The number of rotatable bonds is 4. The van der Waals surface area contributed by atoms with E-state index in [2.05, 4.69) is 37.4 Å². The van der Waals surface area contributed by atoms with Gasteiger partial charge in [0.1, 0.15) is 5.82 Å². The van der Waals surface area contributed by atoms with Crippen molar-refractivity contribution in [1.29, 1.82) is 0 Å². The van der Waals surface area contributed by atoms with Gasteiger partial charge in [0.15, 0.2) is 0 Å². The summed E-state index contributed by atoms with van der Waals surface area (Å²) in [5, 5.41) is 11.8. The molecule has 4 rings (SSSR count). The van der Waals surface area contributed by atoms with E-state index in [-0.39, 0.29) is 11.8 Å². The summed E-state index contributed by atoms with van der Waals surface area (Å²) in [5.74, 6) is 0.972. The number of likely N-dealkylation sites (tertiary alicyclic amines) is 1. The molecule has 0 unspecified atom stereocenters. The molecule has 0 aliphatic carbocycles. The van der Waals surface area contributed by atoms with Gasteiger partial charge in [0.05, 0.1) is 17.3 Å². The van der Waals surface area contributed by atoms with Crippen LogP contribution in [0.15, 0.2) is 28.9 Å². The smallest absolute Gasteiger partial charge is 0.317 e. The lowest BCUT2D eigenvalue weighted by molar-refractivity contribution is -0.121. The predicted molar refractivity (Wildman–Crippen MR) is 106 cm³/mol. The Bertz CT molecular complexity index is 993. The van der Waals surface area contributed by atoms with Gasteiger partial charge < -0.3 is 19.5 Å². The third-order valence-electron chi connectivity index (χ3n) is 4.95. The Morgan fingerprint density at radius 3 is 2.68 bits per heavy atom. The maximum atomic E-state index is 12.5. The summed E-state index contributed by atoms with van der Waals surface area (Å²) in [6.45, 7) is 1.88. The van der Waals surface area contributed by atoms with E-state index in [9.17, 15) is 4.79 Å². The summed E-state index contributed by atoms with van der Waals surface area (Å²) in [5.41, 5.74) is 1.44. The van der Waals surface area contributed by atoms with Crippen molar-refractivity contribution in [2.75, 3.05) is 44.4 Å². The number of nitrogens with one attached hydrogen (secondary N) is 1. The van der Waals surface area contributed by atoms with Crippen LogP contribution in [-0.4, -0.2) is 65.2 Å². The topological polar surface area (TPSA) is 100 Å². The SMILES string of the molecule is CN1CCC(C(=O)Nc2cc3cc(-c4nnc(N(C)C)o4)cnc3cn2)CC1. The van der Waals surface area contributed by atoms with Crippen LogP contribution < -0.4 is 10.2 Å². The molecule has 1 amide bonds. The number of nitrogens with zero attached hydrogens (tertiary/aromatic N) is 6. The molecule has 3 aromatic heterocycles. The molecule has 3 aromatic rings. The number of anilines is 2. The monoisotopic (exact) mass is 381 g/mol. The Kier molecular flexibility index (Phi) is 4.91. The van der Waals surface area contributed by atoms with Crippen molar-refractivity contribution in [1.82, 2.24) is 25.1 Å². The van der Waals surface area contributed by atoms with Crippen LogP contribution in [0.4, 0.5) is 11.8 Å². The van der Waals surface area contributed by atoms with Crippen molar-refractivity contribution >= 4 is 28.6 Å². The number of piperidine rings is 1. The van der Waals surface area contributed by atoms with Crippen molar-refractivity contribution in [2.45, 2.75) is 12.8 Å². The van der Waals surface area contributed by atoms with Gasteiger partial charge in [-0.1, -0.05) is 5.10 Å². The quantitative estimate of drug-likeness (QED) is 0.733. The Labute approximate surface area is 162 Å². The molecule has 0 saturated carbocycles. The van der Waals surface area contributed by atoms with Gasteiger partial charge >= 0.3 is 6.01 Å². The van der Waals surface area contributed by atoms with E-state index in [0.717, 1.165) is 36.8 Å². The average molecular weight is 381 g/mol. The highest BCUT2D eigenvalue weighted by atomic mass is 16.4. The molecule has 1 N–H and O–H groups in total. The van der Waals surface area contributed by atoms with Crippen LogP contribution in [0.25, 0.3) is 22.4 Å². The van der Waals surface area contributed by atoms with E-state index in [1.165, 1.54) is 0 Å². The zero-order valence-electron chi connectivity index (χ0n) is 16.2. The highest BCUT2D eigenvalue weighted by molar-refractivity contribution is 5.94. The zero-order chi connectivity index (χ0) is 19.7. The van der Waals surface area contributed by atoms with Crippen molar-refractivity contribution in [3.05, 3.63) is 24.5 Å². The number of carbonyl (C=O) groups is 1. The van der Waals surface area contributed by atoms with Gasteiger partial charge in [0.25, 0.3) is 5.89 Å². The Morgan fingerprint density at radius 1 is 1.18 bits per heavy atom. The first-order chi connectivity index (χ1) is 13.5. The van der Waals surface area contributed by atoms with Crippen LogP contribution in [0.1, 0.15) is 12.8 Å². The summed E-state index contributed by atoms with van der Waals surface area (Å²) in [7, 11) is 5.75. The molecule has 1 fully saturated rings. The Balaban J connectivity index is 1.54. The molecule has 28 heavy (non-hydrogen) atoms. The van der Waals surface area contributed by atoms with Crippen molar-refractivity contribution in [2.24, 2.45) is 5.92 Å². The molecule has 9 nitrogen and oxygen atoms in total. The van der Waals surface area contributed by atoms with Crippen LogP contribution in [0.5, 0.6) is 0 Å². The minimum atomic E-state index is 0.0246. The summed E-state index contributed by atoms with van der Waals surface area (Å²) in [4.78, 5) is 25.3. The molecule has 1 aliphatic heterocycles. The van der Waals surface area contributed by atoms with E-state index >= 15 is 0 Å². The van der Waals surface area contributed by atoms with Crippen molar-refractivity contribution < 1.29 is 9.21 Å². The standard InChI is InChI=1S/C19H23N7O2/c1-25(2)19-24-23-18(28-19)14-8-13-9-16(21-11-15(13)20-10-14)22-17(27)12-4-6-26(3)7-5-12/h8-12H,4-7H2,1-3H3,(H,21,22,27). The number of aromatic nitrogens is 4. The minimum absolute atomic E-state index is 0.0246. The normalized spacial score (nSPS) is 15.7. The number of pyridine rings is 2. The van der Waals surface area contributed by atoms with Crippen molar-refractivity contribution in [3.8, 4) is 11.5 Å². The average Bonchev–Trinajstić information content (AvgIpc) is 3.18. The highest BCUT2D eigenvalue weighted by Crippen LogP contribution is 2.25. The molecule has 0 spiro atoms. The van der Waals surface area contributed by atoms with E-state index < -0.39 is 0 Å². The second-order valence-corrected chi connectivity index (χ2v) is 7.34. The van der Waals surface area contributed by atoms with E-state index in [1.807, 2.05) is 26.2 Å². The molecule has 1 saturated heterocycles. The molecule has 1 aliphatic rings. The number of carbonyl (C=O) groups excluding carboxylic acids is 1. The van der Waals surface area contributed by atoms with Crippen LogP contribution in [0.2, 0.25) is 0 Å². The van der Waals surface area contributed by atoms with Crippen LogP contribution >= 0.6 is 0 Å². The second kappa shape index (κ2) is 7.51. The number of fused-ring (bicyclic) bond motifs is 1. The van der Waals surface area contributed by atoms with E-state index in [1.54, 1.807) is 17.3 Å². The fraction of sp³-hybridized carbons (Fsp3) is 0.421. The van der Waals surface area contributed by atoms with Crippen LogP contribution in [0.3, 0.4) is 0 Å². The number of hydrogen-bond donors (Lipinski definition) is 1. The third-order valence-corrected chi connectivity index (χ3v) is 4.95. The first-order valence-corrected chi connectivity index (χ1v) is 9.26. The predicted octanol–water partition coefficient (Wildman–Crippen LogP) is 2.03. The summed E-state index contributed by atoms with van der Waals surface area (Å²) in [6, 6.07) is 4.15. The molecule has 4 heterocycles. The van der Waals surface area contributed by atoms with Crippen LogP contribution in [0, 0.1) is 5.92 Å². The summed E-state index contributed by atoms with van der Waals surface area (Å²) < 4.78 is 5.64. The van der Waals surface area contributed by atoms with E-state index in [0.29, 0.717) is 23.3 Å². The molecule has 0 atom stereocenters. The van der Waals surface area contributed by atoms with Gasteiger partial charge in [-0.25, -0.2) is 4.98 Å². The first kappa shape index (κ1) is 18.3. The largest absolute Gasteiger partial charge is 0.403 e. The third kappa shape index (κ3) is 3.79. The highest BCUT2D eigenvalue weighted by Gasteiger charge is 2.23. The lowest BCUT2D eigenvalue weighted by Crippen LogP contribution is -2.36. The summed E-state index contributed by atoms with van der Waals surface area (Å²) >= 11 is 0. The number of amides is 1. The zero-order valence-corrected chi connectivity index (χ0v) is 16.2. The molecule has 9 heteroatoms. The lowest BCUT2D eigenvalue weighted by Gasteiger charge is -2.27. The Morgan fingerprint density at radius 2 is 1.96 bits per heavy atom. The molecular formula is C19H23N7O2. The van der Waals surface area contributed by atoms with Gasteiger partial charge in [-0.2, -0.15) is 0 Å². The Hall–Kier alpha value is -3.07. The molecule has 0 aromatic carbocycles. The maximum Gasteiger partial charge on any atom is 0.317 e. The fourth-order valence-corrected chi connectivity index (χ4v) is 3.23. The van der Waals surface area contributed by atoms with Gasteiger partial charge in [0.2, 0.25) is 5.91 Å². The van der Waals surface area contributed by atoms with E-state index in [4.69, 9.17) is 4.42 Å². The second-order valence-electron chi connectivity index (χ2n) is 7.34. The lowest BCUT2D eigenvalue weighted by atomic mass is 9.96. The molecule has 0 radical (unpaired) electrons. The molecular weight excluding hydrogens is 358 g/mol.